The molecule has 0 bridgehead atoms. The van der Waals surface area contributed by atoms with E-state index in [1.807, 2.05) is 6.92 Å². The molecule has 1 nitrogen and oxygen atoms in total. The van der Waals surface area contributed by atoms with Crippen molar-refractivity contribution in [2.45, 2.75) is 13.3 Å². The van der Waals surface area contributed by atoms with Gasteiger partial charge in [-0.25, -0.2) is 0 Å². The first-order valence-electron chi connectivity index (χ1n) is 2.34. The molecule has 0 aliphatic heterocycles. The summed E-state index contributed by atoms with van der Waals surface area (Å²) in [6.45, 7) is 2.31. The fraction of sp³-hybridized carbons (Fsp3) is 1.00. The van der Waals surface area contributed by atoms with Gasteiger partial charge in [-0.1, -0.05) is 0 Å². The van der Waals surface area contributed by atoms with Crippen molar-refractivity contribution in [1.82, 2.24) is 0 Å². The molecule has 0 aromatic heterocycles. The Bertz CT molecular complexity index is 75.3. The summed E-state index contributed by atoms with van der Waals surface area (Å²) in [5, 5.41) is 0. The maximum absolute atomic E-state index is 11.8. The van der Waals surface area contributed by atoms with Crippen LogP contribution in [0.15, 0.2) is 0 Å². The molecule has 0 aliphatic rings. The Balaban J connectivity index is 3.17. The third-order valence-electron chi connectivity index (χ3n) is 0.408. The first kappa shape index (κ1) is 4.47. The van der Waals surface area contributed by atoms with Gasteiger partial charge < -0.3 is 0 Å². The first-order valence-corrected chi connectivity index (χ1v) is 2.52. The van der Waals surface area contributed by atoms with Crippen LogP contribution in [0, 0.1) is 0 Å². The fourth-order valence-electron chi connectivity index (χ4n) is 0.185. The Morgan fingerprint density at radius 1 is 2.17 bits per heavy atom. The average Bonchev–Trinajstić information content (AvgIpc) is 1.68. The van der Waals surface area contributed by atoms with Crippen molar-refractivity contribution in [1.29, 1.82) is 0.879 Å². The second kappa shape index (κ2) is 3.50. The minimum absolute atomic E-state index is 0.420. The monoisotopic (exact) mass is 130 g/mol. The van der Waals surface area contributed by atoms with Gasteiger partial charge in [-0.2, -0.15) is 0 Å². The van der Waals surface area contributed by atoms with Gasteiger partial charge in [-0.15, -0.1) is 0 Å². The van der Waals surface area contributed by atoms with E-state index < -0.39 is 17.1 Å². The predicted octanol–water partition coefficient (Wildman–Crippen LogP) is 0.756. The van der Waals surface area contributed by atoms with Gasteiger partial charge in [0.15, 0.2) is 0 Å². The van der Waals surface area contributed by atoms with Crippen LogP contribution in [-0.4, -0.2) is 11.0 Å². The van der Waals surface area contributed by atoms with Crippen molar-refractivity contribution in [2.75, 3.05) is 6.54 Å². The van der Waals surface area contributed by atoms with Crippen LogP contribution >= 0.6 is 0 Å². The average molecular weight is 130 g/mol. The van der Waals surface area contributed by atoms with Gasteiger partial charge in [-0.3, -0.25) is 0 Å². The normalized spacial score (nSPS) is 14.3. The molecule has 0 unspecified atom stereocenters. The van der Waals surface area contributed by atoms with Crippen molar-refractivity contribution in [2.24, 2.45) is 0 Å². The zero-order chi connectivity index (χ0) is 5.70. The van der Waals surface area contributed by atoms with E-state index in [4.69, 9.17) is 0.879 Å². The number of hydrogen-bond acceptors (Lipinski definition) is 0. The Hall–Kier alpha value is 0.314. The van der Waals surface area contributed by atoms with Gasteiger partial charge in [0.2, 0.25) is 0 Å². The molecule has 0 heterocycles. The molecule has 0 radical (unpaired) electrons. The molecule has 6 heavy (non-hydrogen) atoms. The molecule has 0 amide bonds. The Morgan fingerprint density at radius 3 is 3.00 bits per heavy atom. The van der Waals surface area contributed by atoms with E-state index in [0.29, 0.717) is 10.1 Å². The molecule has 0 spiro atoms. The summed E-state index contributed by atoms with van der Waals surface area (Å²) in [5.74, 6) is 0. The SMILES string of the molecule is [3H][V]=[N+](F)CCC. The second-order valence-electron chi connectivity index (χ2n) is 1.06. The molecule has 3 heteroatoms. The van der Waals surface area contributed by atoms with Gasteiger partial charge >= 0.3 is 45.9 Å². The number of nitrogens with zero attached hydrogens (tertiary/aromatic N) is 1. The van der Waals surface area contributed by atoms with E-state index in [9.17, 15) is 4.48 Å². The standard InChI is InChI=1S/C3H7FN.V.H/c1-2-3-5-4;;/h2-3H2,1H3;;/q-1;+2;/i;;1+2. The summed E-state index contributed by atoms with van der Waals surface area (Å²) in [6, 6.07) is 0. The third kappa shape index (κ3) is 4.31. The van der Waals surface area contributed by atoms with Crippen molar-refractivity contribution < 1.29 is 25.2 Å². The summed E-state index contributed by atoms with van der Waals surface area (Å²) >= 11 is -0.926. The number of hydrogen-bond donors (Lipinski definition) is 0. The predicted molar refractivity (Wildman–Crippen MR) is 17.9 cm³/mol. The van der Waals surface area contributed by atoms with Crippen LogP contribution in [-0.2, 0) is 17.1 Å². The van der Waals surface area contributed by atoms with Crippen LogP contribution in [0.4, 0.5) is 4.48 Å². The van der Waals surface area contributed by atoms with Gasteiger partial charge in [0.25, 0.3) is 0 Å². The minimum atomic E-state index is -0.926. The van der Waals surface area contributed by atoms with Crippen molar-refractivity contribution in [3.63, 3.8) is 0 Å². The molecule has 36 valence electrons. The Kier molecular flexibility index (Phi) is 2.61. The molecule has 0 atom stereocenters. The zero-order valence-electron chi connectivity index (χ0n) is 4.69. The third-order valence-corrected chi connectivity index (χ3v) is 0.720. The molecule has 0 rings (SSSR count). The second-order valence-corrected chi connectivity index (χ2v) is 1.74. The van der Waals surface area contributed by atoms with Crippen LogP contribution in [0.25, 0.3) is 0 Å². The van der Waals surface area contributed by atoms with E-state index in [1.54, 1.807) is 0 Å². The van der Waals surface area contributed by atoms with E-state index in [1.165, 1.54) is 0 Å². The van der Waals surface area contributed by atoms with Crippen LogP contribution in [0.3, 0.4) is 0 Å². The topological polar surface area (TPSA) is 3.01 Å². The molecule has 0 aliphatic carbocycles. The maximum atomic E-state index is 11.8. The van der Waals surface area contributed by atoms with E-state index in [0.717, 1.165) is 6.42 Å². The zero-order valence-corrected chi connectivity index (χ0v) is 5.08. The molecule has 0 saturated heterocycles. The Morgan fingerprint density at radius 2 is 2.83 bits per heavy atom. The van der Waals surface area contributed by atoms with Crippen LogP contribution in [0.1, 0.15) is 13.3 Å². The molecule has 0 aromatic carbocycles. The molecule has 0 saturated carbocycles. The van der Waals surface area contributed by atoms with Crippen molar-refractivity contribution in [3.05, 3.63) is 0 Å². The van der Waals surface area contributed by atoms with Gasteiger partial charge in [0.05, 0.1) is 0 Å². The van der Waals surface area contributed by atoms with Crippen LogP contribution in [0.5, 0.6) is 0 Å². The molecule has 0 fully saturated rings. The summed E-state index contributed by atoms with van der Waals surface area (Å²) in [5.41, 5.74) is 0. The Labute approximate surface area is 46.7 Å². The van der Waals surface area contributed by atoms with Crippen LogP contribution < -0.4 is 0 Å². The van der Waals surface area contributed by atoms with E-state index in [2.05, 4.69) is 0 Å². The first-order chi connectivity index (χ1) is 3.31. The molecular weight excluding hydrogens is 120 g/mol. The molecule has 0 aromatic rings. The van der Waals surface area contributed by atoms with E-state index >= 15 is 0 Å². The number of halogens is 1. The number of rotatable bonds is 2. The van der Waals surface area contributed by atoms with E-state index in [-0.39, 0.29) is 0 Å². The van der Waals surface area contributed by atoms with Crippen LogP contribution in [0.2, 0.25) is 0 Å². The summed E-state index contributed by atoms with van der Waals surface area (Å²) < 4.78 is 18.9. The van der Waals surface area contributed by atoms with Crippen molar-refractivity contribution >= 4 is 0 Å². The van der Waals surface area contributed by atoms with Gasteiger partial charge in [0, 0.05) is 0 Å². The molecule has 0 N–H and O–H groups in total. The molecular formula is C3H8FNV+. The summed E-state index contributed by atoms with van der Waals surface area (Å²) in [4.78, 5) is 0. The van der Waals surface area contributed by atoms with Crippen molar-refractivity contribution in [3.8, 4) is 0 Å². The van der Waals surface area contributed by atoms with Gasteiger partial charge in [0.1, 0.15) is 0 Å². The fourth-order valence-corrected chi connectivity index (χ4v) is 0.497. The quantitative estimate of drug-likeness (QED) is 0.485. The summed E-state index contributed by atoms with van der Waals surface area (Å²) in [6.07, 6.45) is 0.797. The van der Waals surface area contributed by atoms with Gasteiger partial charge in [-0.05, 0) is 0 Å². The summed E-state index contributed by atoms with van der Waals surface area (Å²) in [7, 11) is 0.